The number of carbonyl (C=O) groups is 2. The number of Topliss-reactive ketones (excluding diaryl/α,β-unsaturated/α-hetero) is 1. The van der Waals surface area contributed by atoms with Crippen LogP contribution in [0.15, 0.2) is 18.2 Å². The van der Waals surface area contributed by atoms with Gasteiger partial charge < -0.3 is 5.73 Å². The third kappa shape index (κ3) is 4.92. The summed E-state index contributed by atoms with van der Waals surface area (Å²) in [6, 6.07) is 3.24. The van der Waals surface area contributed by atoms with E-state index in [2.05, 4.69) is 0 Å². The van der Waals surface area contributed by atoms with Gasteiger partial charge in [-0.15, -0.1) is 0 Å². The molecule has 5 heteroatoms. The summed E-state index contributed by atoms with van der Waals surface area (Å²) in [6.45, 7) is 5.14. The third-order valence-electron chi connectivity index (χ3n) is 3.65. The summed E-state index contributed by atoms with van der Waals surface area (Å²) >= 11 is 0. The van der Waals surface area contributed by atoms with E-state index in [-0.39, 0.29) is 11.7 Å². The van der Waals surface area contributed by atoms with Crippen molar-refractivity contribution in [3.63, 3.8) is 0 Å². The maximum absolute atomic E-state index is 13.1. The summed E-state index contributed by atoms with van der Waals surface area (Å²) in [5, 5.41) is 0. The van der Waals surface area contributed by atoms with Crippen molar-refractivity contribution in [3.8, 4) is 0 Å². The van der Waals surface area contributed by atoms with Gasteiger partial charge in [0.05, 0.1) is 0 Å². The quantitative estimate of drug-likeness (QED) is 0.841. The first-order valence-corrected chi connectivity index (χ1v) is 6.97. The third-order valence-corrected chi connectivity index (χ3v) is 3.65. The summed E-state index contributed by atoms with van der Waals surface area (Å²) in [5.41, 5.74) is 5.85. The number of amides is 1. The van der Waals surface area contributed by atoms with Crippen LogP contribution in [-0.2, 0) is 16.0 Å². The van der Waals surface area contributed by atoms with Gasteiger partial charge in [-0.3, -0.25) is 9.59 Å². The van der Waals surface area contributed by atoms with Crippen LogP contribution in [-0.4, -0.2) is 11.7 Å². The molecule has 0 saturated carbocycles. The molecule has 0 radical (unpaired) electrons. The number of hydrogen-bond donors (Lipinski definition) is 1. The number of ketones is 1. The van der Waals surface area contributed by atoms with Crippen LogP contribution >= 0.6 is 0 Å². The minimum Gasteiger partial charge on any atom is -0.369 e. The minimum absolute atomic E-state index is 0.0238. The van der Waals surface area contributed by atoms with E-state index in [4.69, 9.17) is 5.73 Å². The molecule has 0 aliphatic heterocycles. The van der Waals surface area contributed by atoms with Gasteiger partial charge in [0.2, 0.25) is 5.91 Å². The van der Waals surface area contributed by atoms with E-state index in [0.717, 1.165) is 6.07 Å². The Hall–Kier alpha value is -1.78. The first-order valence-electron chi connectivity index (χ1n) is 6.97. The molecule has 0 bridgehead atoms. The summed E-state index contributed by atoms with van der Waals surface area (Å²) in [6.07, 6.45) is 0.583. The maximum atomic E-state index is 13.1. The van der Waals surface area contributed by atoms with Crippen LogP contribution in [0.1, 0.15) is 32.8 Å². The van der Waals surface area contributed by atoms with Gasteiger partial charge in [-0.05, 0) is 43.4 Å². The lowest BCUT2D eigenvalue weighted by Crippen LogP contribution is -2.36. The largest absolute Gasteiger partial charge is 0.369 e. The van der Waals surface area contributed by atoms with E-state index >= 15 is 0 Å². The Morgan fingerprint density at radius 1 is 1.14 bits per heavy atom. The van der Waals surface area contributed by atoms with Gasteiger partial charge in [0.15, 0.2) is 0 Å². The van der Waals surface area contributed by atoms with Gasteiger partial charge >= 0.3 is 0 Å². The number of rotatable bonds is 7. The number of benzene rings is 1. The lowest BCUT2D eigenvalue weighted by atomic mass is 9.77. The summed E-state index contributed by atoms with van der Waals surface area (Å²) in [7, 11) is 0. The average Bonchev–Trinajstić information content (AvgIpc) is 2.31. The molecule has 1 rings (SSSR count). The fourth-order valence-corrected chi connectivity index (χ4v) is 2.79. The molecule has 1 aromatic carbocycles. The molecule has 0 spiro atoms. The number of primary amides is 1. The second-order valence-corrected chi connectivity index (χ2v) is 5.71. The SMILES string of the molecule is CC(=O)[C@H](C(C)C)[C@H](CCc1cc(F)cc(F)c1)C(N)=O. The smallest absolute Gasteiger partial charge is 0.221 e. The molecule has 0 aliphatic rings. The lowest BCUT2D eigenvalue weighted by Gasteiger charge is -2.25. The number of nitrogens with two attached hydrogens (primary N) is 1. The Morgan fingerprint density at radius 2 is 1.67 bits per heavy atom. The van der Waals surface area contributed by atoms with E-state index in [0.29, 0.717) is 18.4 Å². The van der Waals surface area contributed by atoms with E-state index in [1.165, 1.54) is 19.1 Å². The highest BCUT2D eigenvalue weighted by molar-refractivity contribution is 5.86. The maximum Gasteiger partial charge on any atom is 0.221 e. The van der Waals surface area contributed by atoms with Gasteiger partial charge in [-0.25, -0.2) is 8.78 Å². The molecule has 0 aliphatic carbocycles. The second kappa shape index (κ2) is 7.29. The summed E-state index contributed by atoms with van der Waals surface area (Å²) in [5.74, 6) is -3.10. The highest BCUT2D eigenvalue weighted by Gasteiger charge is 2.32. The molecule has 0 unspecified atom stereocenters. The van der Waals surface area contributed by atoms with Crippen molar-refractivity contribution in [1.29, 1.82) is 0 Å². The molecule has 2 N–H and O–H groups in total. The topological polar surface area (TPSA) is 60.2 Å². The summed E-state index contributed by atoms with van der Waals surface area (Å²) < 4.78 is 26.3. The highest BCUT2D eigenvalue weighted by Crippen LogP contribution is 2.26. The normalized spacial score (nSPS) is 14.0. The number of halogens is 2. The highest BCUT2D eigenvalue weighted by atomic mass is 19.1. The van der Waals surface area contributed by atoms with Crippen LogP contribution in [0, 0.1) is 29.4 Å². The molecule has 1 amide bonds. The van der Waals surface area contributed by atoms with Gasteiger partial charge in [0.1, 0.15) is 17.4 Å². The molecule has 2 atom stereocenters. The Morgan fingerprint density at radius 3 is 2.05 bits per heavy atom. The van der Waals surface area contributed by atoms with Gasteiger partial charge in [-0.1, -0.05) is 13.8 Å². The van der Waals surface area contributed by atoms with Gasteiger partial charge in [0.25, 0.3) is 0 Å². The molecule has 0 heterocycles. The van der Waals surface area contributed by atoms with Gasteiger partial charge in [-0.2, -0.15) is 0 Å². The fraction of sp³-hybridized carbons (Fsp3) is 0.500. The predicted octanol–water partition coefficient (Wildman–Crippen LogP) is 2.86. The van der Waals surface area contributed by atoms with E-state index in [1.54, 1.807) is 0 Å². The minimum atomic E-state index is -0.660. The van der Waals surface area contributed by atoms with Gasteiger partial charge in [0, 0.05) is 17.9 Å². The van der Waals surface area contributed by atoms with E-state index in [1.807, 2.05) is 13.8 Å². The molecule has 21 heavy (non-hydrogen) atoms. The molecule has 0 saturated heterocycles. The van der Waals surface area contributed by atoms with Crippen LogP contribution in [0.25, 0.3) is 0 Å². The Bertz CT molecular complexity index is 509. The van der Waals surface area contributed by atoms with Crippen molar-refractivity contribution in [2.75, 3.05) is 0 Å². The summed E-state index contributed by atoms with van der Waals surface area (Å²) in [4.78, 5) is 23.3. The molecule has 0 aromatic heterocycles. The van der Waals surface area contributed by atoms with Crippen LogP contribution in [0.2, 0.25) is 0 Å². The molecular weight excluding hydrogens is 276 g/mol. The second-order valence-electron chi connectivity index (χ2n) is 5.71. The Kier molecular flexibility index (Phi) is 6.00. The van der Waals surface area contributed by atoms with Crippen molar-refractivity contribution in [3.05, 3.63) is 35.4 Å². The molecule has 0 fully saturated rings. The number of carbonyl (C=O) groups excluding carboxylic acids is 2. The van der Waals surface area contributed by atoms with Crippen molar-refractivity contribution in [2.24, 2.45) is 23.5 Å². The van der Waals surface area contributed by atoms with Crippen LogP contribution in [0.4, 0.5) is 8.78 Å². The predicted molar refractivity (Wildman–Crippen MR) is 76.4 cm³/mol. The van der Waals surface area contributed by atoms with Crippen molar-refractivity contribution in [2.45, 2.75) is 33.6 Å². The van der Waals surface area contributed by atoms with Crippen molar-refractivity contribution < 1.29 is 18.4 Å². The standard InChI is InChI=1S/C16H21F2NO2/c1-9(2)15(10(3)20)14(16(19)21)5-4-11-6-12(17)8-13(18)7-11/h6-9,14-15H,4-5H2,1-3H3,(H2,19,21)/t14-,15-/m0/s1. The molecule has 3 nitrogen and oxygen atoms in total. The Labute approximate surface area is 123 Å². The first kappa shape index (κ1) is 17.3. The lowest BCUT2D eigenvalue weighted by molar-refractivity contribution is -0.132. The average molecular weight is 297 g/mol. The van der Waals surface area contributed by atoms with Crippen molar-refractivity contribution in [1.82, 2.24) is 0 Å². The zero-order valence-electron chi connectivity index (χ0n) is 12.5. The first-order chi connectivity index (χ1) is 9.72. The zero-order chi connectivity index (χ0) is 16.2. The van der Waals surface area contributed by atoms with Crippen LogP contribution in [0.3, 0.4) is 0 Å². The van der Waals surface area contributed by atoms with Crippen molar-refractivity contribution >= 4 is 11.7 Å². The van der Waals surface area contributed by atoms with E-state index < -0.39 is 29.4 Å². The zero-order valence-corrected chi connectivity index (χ0v) is 12.5. The monoisotopic (exact) mass is 297 g/mol. The fourth-order valence-electron chi connectivity index (χ4n) is 2.79. The molecular formula is C16H21F2NO2. The van der Waals surface area contributed by atoms with Crippen LogP contribution in [0.5, 0.6) is 0 Å². The van der Waals surface area contributed by atoms with E-state index in [9.17, 15) is 18.4 Å². The number of aryl methyl sites for hydroxylation is 1. The number of hydrogen-bond acceptors (Lipinski definition) is 2. The van der Waals surface area contributed by atoms with Crippen LogP contribution < -0.4 is 5.73 Å². The molecule has 1 aromatic rings. The Balaban J connectivity index is 2.88. The molecule has 116 valence electrons.